The molecule has 2 aliphatic carbocycles. The second-order valence-electron chi connectivity index (χ2n) is 9.73. The molecule has 1 aromatic heterocycles. The molecule has 3 aliphatic rings. The number of carbonyl (C=O) groups is 2. The predicted molar refractivity (Wildman–Crippen MR) is 120 cm³/mol. The Kier molecular flexibility index (Phi) is 6.08. The number of carbonyl (C=O) groups excluding carboxylic acids is 2. The minimum absolute atomic E-state index is 0.0661. The van der Waals surface area contributed by atoms with Gasteiger partial charge in [-0.05, 0) is 55.2 Å². The van der Waals surface area contributed by atoms with Crippen LogP contribution in [0.25, 0.3) is 0 Å². The summed E-state index contributed by atoms with van der Waals surface area (Å²) in [6.45, 7) is 9.06. The molecule has 4 rings (SSSR count). The number of esters is 2. The monoisotopic (exact) mass is 437 g/mol. The standard InChI is InChI=1S/C26H31NO5/c1-17-6-9-21-25(2,20(17)8-7-18-11-14-31-23(18)29)12-10-22(28)26(21,3)16-32-24(30)19-5-4-13-27-15-19/h4-5,7-8,11,13,15,20-22,28H,1,6,9-10,12,14,16H2,2-3H3/b8-7+/t20-,21?,22-,25+,26+/m1/s1. The summed E-state index contributed by atoms with van der Waals surface area (Å²) in [5, 5.41) is 11.0. The van der Waals surface area contributed by atoms with E-state index in [9.17, 15) is 14.7 Å². The predicted octanol–water partition coefficient (Wildman–Crippen LogP) is 4.03. The maximum absolute atomic E-state index is 12.6. The van der Waals surface area contributed by atoms with Crippen molar-refractivity contribution in [2.45, 2.75) is 45.6 Å². The van der Waals surface area contributed by atoms with Crippen LogP contribution in [0.1, 0.15) is 49.9 Å². The first-order valence-corrected chi connectivity index (χ1v) is 11.2. The minimum Gasteiger partial charge on any atom is -0.461 e. The first kappa shape index (κ1) is 22.5. The molecule has 0 aromatic carbocycles. The Morgan fingerprint density at radius 3 is 2.91 bits per heavy atom. The topological polar surface area (TPSA) is 85.7 Å². The molecule has 5 atom stereocenters. The lowest BCUT2D eigenvalue weighted by Gasteiger charge is -2.59. The number of rotatable bonds is 5. The van der Waals surface area contributed by atoms with Gasteiger partial charge in [0.1, 0.15) is 6.61 Å². The van der Waals surface area contributed by atoms with Gasteiger partial charge < -0.3 is 14.6 Å². The number of pyridine rings is 1. The molecule has 0 spiro atoms. The summed E-state index contributed by atoms with van der Waals surface area (Å²) in [6.07, 6.45) is 11.4. The Morgan fingerprint density at radius 1 is 1.41 bits per heavy atom. The van der Waals surface area contributed by atoms with Crippen molar-refractivity contribution < 1.29 is 24.2 Å². The maximum Gasteiger partial charge on any atom is 0.339 e. The molecule has 1 N–H and O–H groups in total. The second kappa shape index (κ2) is 8.66. The highest BCUT2D eigenvalue weighted by atomic mass is 16.5. The van der Waals surface area contributed by atoms with Crippen molar-refractivity contribution in [3.05, 3.63) is 66.0 Å². The van der Waals surface area contributed by atoms with Crippen LogP contribution in [0.4, 0.5) is 0 Å². The van der Waals surface area contributed by atoms with E-state index in [4.69, 9.17) is 9.47 Å². The van der Waals surface area contributed by atoms with E-state index in [1.807, 2.05) is 13.0 Å². The van der Waals surface area contributed by atoms with E-state index in [1.165, 1.54) is 6.20 Å². The number of hydrogen-bond donors (Lipinski definition) is 1. The number of fused-ring (bicyclic) bond motifs is 1. The molecule has 6 heteroatoms. The zero-order valence-corrected chi connectivity index (χ0v) is 18.8. The van der Waals surface area contributed by atoms with Crippen LogP contribution in [-0.4, -0.2) is 41.3 Å². The van der Waals surface area contributed by atoms with E-state index >= 15 is 0 Å². The van der Waals surface area contributed by atoms with Crippen molar-refractivity contribution >= 4 is 11.9 Å². The number of hydrogen-bond acceptors (Lipinski definition) is 6. The summed E-state index contributed by atoms with van der Waals surface area (Å²) in [5.74, 6) is -0.528. The van der Waals surface area contributed by atoms with Gasteiger partial charge in [0.2, 0.25) is 0 Å². The number of cyclic esters (lactones) is 1. The van der Waals surface area contributed by atoms with Crippen molar-refractivity contribution in [3.8, 4) is 0 Å². The summed E-state index contributed by atoms with van der Waals surface area (Å²) in [7, 11) is 0. The van der Waals surface area contributed by atoms with E-state index in [2.05, 4.69) is 24.6 Å². The van der Waals surface area contributed by atoms with Crippen LogP contribution in [0, 0.1) is 22.7 Å². The molecule has 170 valence electrons. The van der Waals surface area contributed by atoms with Crippen molar-refractivity contribution in [1.29, 1.82) is 0 Å². The average Bonchev–Trinajstić information content (AvgIpc) is 3.20. The normalized spacial score (nSPS) is 34.7. The summed E-state index contributed by atoms with van der Waals surface area (Å²) in [4.78, 5) is 28.4. The van der Waals surface area contributed by atoms with E-state index in [0.29, 0.717) is 24.2 Å². The largest absolute Gasteiger partial charge is 0.461 e. The molecule has 0 radical (unpaired) electrons. The summed E-state index contributed by atoms with van der Waals surface area (Å²) < 4.78 is 10.7. The summed E-state index contributed by atoms with van der Waals surface area (Å²) in [6, 6.07) is 3.37. The van der Waals surface area contributed by atoms with Gasteiger partial charge in [-0.1, -0.05) is 38.2 Å². The van der Waals surface area contributed by atoms with Crippen molar-refractivity contribution in [3.63, 3.8) is 0 Å². The number of nitrogens with zero attached hydrogens (tertiary/aromatic N) is 1. The molecule has 1 aromatic rings. The molecular formula is C26H31NO5. The second-order valence-corrected chi connectivity index (χ2v) is 9.73. The number of aliphatic hydroxyl groups excluding tert-OH is 1. The zero-order valence-electron chi connectivity index (χ0n) is 18.8. The molecule has 2 heterocycles. The lowest BCUT2D eigenvalue weighted by Crippen LogP contribution is -2.57. The van der Waals surface area contributed by atoms with E-state index < -0.39 is 17.5 Å². The maximum atomic E-state index is 12.6. The molecule has 0 amide bonds. The van der Waals surface area contributed by atoms with Gasteiger partial charge >= 0.3 is 11.9 Å². The summed E-state index contributed by atoms with van der Waals surface area (Å²) >= 11 is 0. The van der Waals surface area contributed by atoms with Gasteiger partial charge in [-0.3, -0.25) is 4.98 Å². The molecule has 32 heavy (non-hydrogen) atoms. The van der Waals surface area contributed by atoms with E-state index in [-0.39, 0.29) is 29.8 Å². The Morgan fingerprint density at radius 2 is 2.22 bits per heavy atom. The van der Waals surface area contributed by atoms with Crippen LogP contribution in [-0.2, 0) is 14.3 Å². The van der Waals surface area contributed by atoms with Crippen LogP contribution in [0.2, 0.25) is 0 Å². The van der Waals surface area contributed by atoms with Gasteiger partial charge in [-0.25, -0.2) is 9.59 Å². The van der Waals surface area contributed by atoms with Gasteiger partial charge in [0, 0.05) is 23.7 Å². The molecule has 1 aliphatic heterocycles. The fourth-order valence-electron chi connectivity index (χ4n) is 5.97. The van der Waals surface area contributed by atoms with Crippen molar-refractivity contribution in [2.75, 3.05) is 13.2 Å². The number of aromatic nitrogens is 1. The smallest absolute Gasteiger partial charge is 0.339 e. The van der Waals surface area contributed by atoms with Crippen LogP contribution >= 0.6 is 0 Å². The van der Waals surface area contributed by atoms with E-state index in [0.717, 1.165) is 24.8 Å². The van der Waals surface area contributed by atoms with Crippen LogP contribution in [0.5, 0.6) is 0 Å². The Bertz CT molecular complexity index is 968. The van der Waals surface area contributed by atoms with Gasteiger partial charge in [-0.15, -0.1) is 0 Å². The highest BCUT2D eigenvalue weighted by Gasteiger charge is 2.57. The van der Waals surface area contributed by atoms with Gasteiger partial charge in [0.05, 0.1) is 23.8 Å². The van der Waals surface area contributed by atoms with Crippen LogP contribution in [0.15, 0.2) is 60.5 Å². The summed E-state index contributed by atoms with van der Waals surface area (Å²) in [5.41, 5.74) is 1.37. The SMILES string of the molecule is C=C1CCC2[C@](C)(COC(=O)c3cccnc3)[C@H](O)CC[C@@]2(C)[C@@H]1/C=C/C1=CCOC1=O. The third-order valence-electron chi connectivity index (χ3n) is 7.85. The minimum atomic E-state index is -0.580. The lowest BCUT2D eigenvalue weighted by molar-refractivity contribution is -0.147. The Labute approximate surface area is 189 Å². The molecule has 1 unspecified atom stereocenters. The number of ether oxygens (including phenoxy) is 2. The zero-order chi connectivity index (χ0) is 22.9. The number of aliphatic hydroxyl groups is 1. The first-order valence-electron chi connectivity index (χ1n) is 11.2. The third kappa shape index (κ3) is 3.92. The highest BCUT2D eigenvalue weighted by Crippen LogP contribution is 2.61. The van der Waals surface area contributed by atoms with Crippen molar-refractivity contribution in [2.24, 2.45) is 22.7 Å². The molecule has 6 nitrogen and oxygen atoms in total. The van der Waals surface area contributed by atoms with Gasteiger partial charge in [0.15, 0.2) is 0 Å². The molecular weight excluding hydrogens is 406 g/mol. The fraction of sp³-hybridized carbons (Fsp3) is 0.500. The number of allylic oxidation sites excluding steroid dienone is 2. The van der Waals surface area contributed by atoms with Gasteiger partial charge in [0.25, 0.3) is 0 Å². The molecule has 0 saturated heterocycles. The van der Waals surface area contributed by atoms with Crippen LogP contribution < -0.4 is 0 Å². The van der Waals surface area contributed by atoms with Gasteiger partial charge in [-0.2, -0.15) is 0 Å². The first-order chi connectivity index (χ1) is 15.3. The highest BCUT2D eigenvalue weighted by molar-refractivity contribution is 5.93. The lowest BCUT2D eigenvalue weighted by atomic mass is 9.46. The van der Waals surface area contributed by atoms with Crippen LogP contribution in [0.3, 0.4) is 0 Å². The third-order valence-corrected chi connectivity index (χ3v) is 7.85. The Balaban J connectivity index is 1.57. The molecule has 2 fully saturated rings. The van der Waals surface area contributed by atoms with Crippen molar-refractivity contribution in [1.82, 2.24) is 4.98 Å². The Hall–Kier alpha value is -2.73. The quantitative estimate of drug-likeness (QED) is 0.553. The molecule has 0 bridgehead atoms. The average molecular weight is 438 g/mol. The fourth-order valence-corrected chi connectivity index (χ4v) is 5.97. The molecule has 2 saturated carbocycles. The van der Waals surface area contributed by atoms with E-state index in [1.54, 1.807) is 24.4 Å².